The maximum absolute atomic E-state index is 9.80. The molecule has 1 aromatic heterocycles. The molecule has 3 fully saturated rings. The van der Waals surface area contributed by atoms with E-state index in [9.17, 15) is 5.11 Å². The van der Waals surface area contributed by atoms with Crippen LogP contribution in [-0.4, -0.2) is 62.1 Å². The van der Waals surface area contributed by atoms with Crippen LogP contribution in [0.15, 0.2) is 5.16 Å². The van der Waals surface area contributed by atoms with Crippen molar-refractivity contribution in [1.82, 2.24) is 20.2 Å². The number of tetrazole rings is 1. The Hall–Kier alpha value is -0.700. The van der Waals surface area contributed by atoms with Crippen molar-refractivity contribution < 1.29 is 14.6 Å². The van der Waals surface area contributed by atoms with E-state index in [-0.39, 0.29) is 18.2 Å². The second-order valence-electron chi connectivity index (χ2n) is 5.66. The monoisotopic (exact) mass is 298 g/mol. The molecular weight excluding hydrogens is 280 g/mol. The number of nitrogens with zero attached hydrogens (tertiary/aromatic N) is 4. The van der Waals surface area contributed by atoms with E-state index < -0.39 is 6.10 Å². The quantitative estimate of drug-likeness (QED) is 0.865. The minimum atomic E-state index is -0.535. The molecule has 0 spiro atoms. The predicted octanol–water partition coefficient (Wildman–Crippen LogP) is 0.407. The fourth-order valence-electron chi connectivity index (χ4n) is 3.30. The smallest absolute Gasteiger partial charge is 0.210 e. The van der Waals surface area contributed by atoms with Crippen molar-refractivity contribution in [2.75, 3.05) is 13.2 Å². The number of thioether (sulfide) groups is 1. The van der Waals surface area contributed by atoms with Gasteiger partial charge in [0.05, 0.1) is 13.2 Å². The van der Waals surface area contributed by atoms with Gasteiger partial charge < -0.3 is 14.6 Å². The zero-order valence-corrected chi connectivity index (χ0v) is 11.9. The van der Waals surface area contributed by atoms with Gasteiger partial charge in [-0.2, -0.15) is 0 Å². The molecule has 1 aromatic rings. The summed E-state index contributed by atoms with van der Waals surface area (Å²) >= 11 is 1.76. The van der Waals surface area contributed by atoms with Gasteiger partial charge in [-0.15, -0.1) is 5.10 Å². The summed E-state index contributed by atoms with van der Waals surface area (Å²) in [4.78, 5) is 0. The molecule has 1 aliphatic carbocycles. The summed E-state index contributed by atoms with van der Waals surface area (Å²) < 4.78 is 13.1. The zero-order chi connectivity index (χ0) is 13.5. The lowest BCUT2D eigenvalue weighted by Gasteiger charge is -2.17. The van der Waals surface area contributed by atoms with Crippen LogP contribution in [0, 0.1) is 0 Å². The Morgan fingerprint density at radius 1 is 1.15 bits per heavy atom. The third-order valence-corrected chi connectivity index (χ3v) is 5.64. The van der Waals surface area contributed by atoms with Crippen molar-refractivity contribution in [1.29, 1.82) is 0 Å². The average Bonchev–Trinajstić information content (AvgIpc) is 3.18. The van der Waals surface area contributed by atoms with E-state index in [1.54, 1.807) is 11.8 Å². The first-order chi connectivity index (χ1) is 9.83. The van der Waals surface area contributed by atoms with Crippen molar-refractivity contribution >= 4 is 11.8 Å². The summed E-state index contributed by atoms with van der Waals surface area (Å²) in [5.74, 6) is 0. The highest BCUT2D eigenvalue weighted by Gasteiger charge is 2.49. The van der Waals surface area contributed by atoms with Gasteiger partial charge in [0.15, 0.2) is 0 Å². The number of aliphatic hydroxyl groups is 1. The summed E-state index contributed by atoms with van der Waals surface area (Å²) in [6.07, 6.45) is 4.15. The summed E-state index contributed by atoms with van der Waals surface area (Å²) in [6, 6.07) is -0.0314. The Morgan fingerprint density at radius 3 is 2.80 bits per heavy atom. The highest BCUT2D eigenvalue weighted by molar-refractivity contribution is 7.99. The van der Waals surface area contributed by atoms with Gasteiger partial charge in [-0.25, -0.2) is 4.68 Å². The van der Waals surface area contributed by atoms with Crippen LogP contribution in [0.25, 0.3) is 0 Å². The summed E-state index contributed by atoms with van der Waals surface area (Å²) in [5, 5.41) is 23.3. The Bertz CT molecular complexity index is 479. The number of rotatable bonds is 3. The van der Waals surface area contributed by atoms with Crippen LogP contribution in [0.2, 0.25) is 0 Å². The molecule has 2 aliphatic heterocycles. The van der Waals surface area contributed by atoms with E-state index in [4.69, 9.17) is 9.47 Å². The number of aliphatic hydroxyl groups excluding tert-OH is 1. The Labute approximate surface area is 121 Å². The van der Waals surface area contributed by atoms with Crippen LogP contribution in [0.4, 0.5) is 0 Å². The lowest BCUT2D eigenvalue weighted by atomic mass is 10.1. The molecule has 7 nitrogen and oxygen atoms in total. The van der Waals surface area contributed by atoms with Gasteiger partial charge >= 0.3 is 0 Å². The van der Waals surface area contributed by atoms with Gasteiger partial charge in [-0.05, 0) is 23.3 Å². The number of fused-ring (bicyclic) bond motifs is 1. The van der Waals surface area contributed by atoms with Crippen molar-refractivity contribution in [2.45, 2.75) is 60.4 Å². The Balaban J connectivity index is 1.52. The van der Waals surface area contributed by atoms with Crippen LogP contribution in [-0.2, 0) is 9.47 Å². The molecule has 1 N–H and O–H groups in total. The van der Waals surface area contributed by atoms with Crippen LogP contribution < -0.4 is 0 Å². The minimum Gasteiger partial charge on any atom is -0.388 e. The van der Waals surface area contributed by atoms with Gasteiger partial charge in [-0.3, -0.25) is 0 Å². The molecular formula is C12H18N4O3S. The van der Waals surface area contributed by atoms with E-state index in [0.29, 0.717) is 18.5 Å². The first-order valence-electron chi connectivity index (χ1n) is 7.19. The summed E-state index contributed by atoms with van der Waals surface area (Å²) in [7, 11) is 0. The van der Waals surface area contributed by atoms with Gasteiger partial charge in [-0.1, -0.05) is 24.6 Å². The van der Waals surface area contributed by atoms with Crippen LogP contribution >= 0.6 is 11.8 Å². The highest BCUT2D eigenvalue weighted by atomic mass is 32.2. The summed E-state index contributed by atoms with van der Waals surface area (Å²) in [6.45, 7) is 0.828. The first-order valence-corrected chi connectivity index (χ1v) is 8.06. The van der Waals surface area contributed by atoms with Crippen LogP contribution in [0.5, 0.6) is 0 Å². The van der Waals surface area contributed by atoms with Gasteiger partial charge in [0.2, 0.25) is 5.16 Å². The van der Waals surface area contributed by atoms with Crippen molar-refractivity contribution in [3.63, 3.8) is 0 Å². The van der Waals surface area contributed by atoms with Gasteiger partial charge in [0, 0.05) is 5.25 Å². The van der Waals surface area contributed by atoms with Crippen molar-refractivity contribution in [2.24, 2.45) is 0 Å². The van der Waals surface area contributed by atoms with E-state index in [1.165, 1.54) is 25.7 Å². The van der Waals surface area contributed by atoms with E-state index in [0.717, 1.165) is 5.16 Å². The molecule has 8 heteroatoms. The second kappa shape index (κ2) is 5.25. The molecule has 0 bridgehead atoms. The Morgan fingerprint density at radius 2 is 1.95 bits per heavy atom. The second-order valence-corrected chi connectivity index (χ2v) is 6.93. The van der Waals surface area contributed by atoms with E-state index >= 15 is 0 Å². The normalized spacial score (nSPS) is 37.6. The molecule has 0 amide bonds. The summed E-state index contributed by atoms with van der Waals surface area (Å²) in [5.41, 5.74) is 0. The van der Waals surface area contributed by atoms with Crippen LogP contribution in [0.1, 0.15) is 31.7 Å². The molecule has 2 saturated heterocycles. The Kier molecular flexibility index (Phi) is 3.41. The van der Waals surface area contributed by atoms with Gasteiger partial charge in [0.1, 0.15) is 24.4 Å². The molecule has 1 saturated carbocycles. The topological polar surface area (TPSA) is 82.3 Å². The number of hydrogen-bond acceptors (Lipinski definition) is 7. The maximum Gasteiger partial charge on any atom is 0.210 e. The lowest BCUT2D eigenvalue weighted by molar-refractivity contribution is 0.0167. The number of ether oxygens (including phenoxy) is 2. The van der Waals surface area contributed by atoms with Crippen LogP contribution in [0.3, 0.4) is 0 Å². The molecule has 3 heterocycles. The SMILES string of the molecule is OC1COC2C1OCC2n1nnnc1SC1CCCC1. The molecule has 0 aromatic carbocycles. The molecule has 20 heavy (non-hydrogen) atoms. The third kappa shape index (κ3) is 2.14. The van der Waals surface area contributed by atoms with Gasteiger partial charge in [0.25, 0.3) is 0 Å². The molecule has 0 radical (unpaired) electrons. The molecule has 4 rings (SSSR count). The van der Waals surface area contributed by atoms with Crippen molar-refractivity contribution in [3.05, 3.63) is 0 Å². The molecule has 4 atom stereocenters. The maximum atomic E-state index is 9.80. The largest absolute Gasteiger partial charge is 0.388 e. The standard InChI is InChI=1S/C12H18N4O3S/c17-9-6-19-10-8(5-18-11(9)10)16-12(13-14-15-16)20-7-3-1-2-4-7/h7-11,17H,1-6H2. The minimum absolute atomic E-state index is 0.0314. The fourth-order valence-corrected chi connectivity index (χ4v) is 4.53. The first kappa shape index (κ1) is 13.0. The molecule has 4 unspecified atom stereocenters. The van der Waals surface area contributed by atoms with E-state index in [1.807, 2.05) is 4.68 Å². The van der Waals surface area contributed by atoms with E-state index in [2.05, 4.69) is 15.5 Å². The zero-order valence-electron chi connectivity index (χ0n) is 11.1. The predicted molar refractivity (Wildman–Crippen MR) is 70.5 cm³/mol. The van der Waals surface area contributed by atoms with Crippen molar-refractivity contribution in [3.8, 4) is 0 Å². The average molecular weight is 298 g/mol. The molecule has 3 aliphatic rings. The number of hydrogen-bond donors (Lipinski definition) is 1. The lowest BCUT2D eigenvalue weighted by Crippen LogP contribution is -2.30. The highest BCUT2D eigenvalue weighted by Crippen LogP contribution is 2.38. The number of aromatic nitrogens is 4. The molecule has 110 valence electrons. The third-order valence-electron chi connectivity index (χ3n) is 4.35. The fraction of sp³-hybridized carbons (Fsp3) is 0.917.